The molecule has 1 saturated heterocycles. The Morgan fingerprint density at radius 3 is 2.52 bits per heavy atom. The molecule has 1 heterocycles. The van der Waals surface area contributed by atoms with E-state index in [1.54, 1.807) is 12.1 Å². The number of rotatable bonds is 3. The molecule has 1 aliphatic rings. The minimum absolute atomic E-state index is 0. The van der Waals surface area contributed by atoms with Gasteiger partial charge < -0.3 is 15.4 Å². The van der Waals surface area contributed by atoms with Crippen molar-refractivity contribution in [2.45, 2.75) is 32.8 Å². The molecule has 1 fully saturated rings. The first-order valence-electron chi connectivity index (χ1n) is 8.41. The van der Waals surface area contributed by atoms with Crippen LogP contribution >= 0.6 is 12.4 Å². The first-order chi connectivity index (χ1) is 11.5. The van der Waals surface area contributed by atoms with E-state index < -0.39 is 0 Å². The predicted molar refractivity (Wildman–Crippen MR) is 104 cm³/mol. The summed E-state index contributed by atoms with van der Waals surface area (Å²) in [6.07, 6.45) is 1.86. The highest BCUT2D eigenvalue weighted by molar-refractivity contribution is 5.95. The number of hydrogen-bond donors (Lipinski definition) is 1. The van der Waals surface area contributed by atoms with Crippen molar-refractivity contribution in [1.82, 2.24) is 4.90 Å². The van der Waals surface area contributed by atoms with Crippen LogP contribution in [0.3, 0.4) is 0 Å². The molecule has 5 heteroatoms. The van der Waals surface area contributed by atoms with Crippen LogP contribution in [-0.2, 0) is 0 Å². The smallest absolute Gasteiger partial charge is 0.253 e. The zero-order valence-electron chi connectivity index (χ0n) is 14.7. The third-order valence-electron chi connectivity index (χ3n) is 4.50. The number of carbonyl (C=O) groups is 1. The van der Waals surface area contributed by atoms with Crippen LogP contribution in [0.15, 0.2) is 42.5 Å². The van der Waals surface area contributed by atoms with Gasteiger partial charge in [0.15, 0.2) is 0 Å². The summed E-state index contributed by atoms with van der Waals surface area (Å²) in [6.45, 7) is 5.55. The number of nitrogen functional groups attached to an aromatic ring is 1. The predicted octanol–water partition coefficient (Wildman–Crippen LogP) is 3.99. The van der Waals surface area contributed by atoms with E-state index in [2.05, 4.69) is 32.0 Å². The lowest BCUT2D eigenvalue weighted by atomic mass is 10.1. The van der Waals surface area contributed by atoms with E-state index in [9.17, 15) is 4.79 Å². The Labute approximate surface area is 155 Å². The second-order valence-corrected chi connectivity index (χ2v) is 6.50. The zero-order chi connectivity index (χ0) is 17.1. The summed E-state index contributed by atoms with van der Waals surface area (Å²) in [7, 11) is 0. The lowest BCUT2D eigenvalue weighted by Gasteiger charge is -2.32. The molecule has 2 aromatic carbocycles. The monoisotopic (exact) mass is 360 g/mol. The molecule has 1 amide bonds. The van der Waals surface area contributed by atoms with Crippen LogP contribution in [0.2, 0.25) is 0 Å². The van der Waals surface area contributed by atoms with Gasteiger partial charge in [0.2, 0.25) is 0 Å². The Hall–Kier alpha value is -2.20. The molecule has 2 aromatic rings. The zero-order valence-corrected chi connectivity index (χ0v) is 15.5. The molecule has 0 aliphatic carbocycles. The van der Waals surface area contributed by atoms with Gasteiger partial charge in [0.25, 0.3) is 5.91 Å². The Morgan fingerprint density at radius 1 is 1.12 bits per heavy atom. The van der Waals surface area contributed by atoms with Crippen molar-refractivity contribution in [1.29, 1.82) is 0 Å². The molecule has 0 bridgehead atoms. The van der Waals surface area contributed by atoms with Crippen molar-refractivity contribution >= 4 is 24.0 Å². The number of anilines is 1. The molecule has 0 atom stereocenters. The Morgan fingerprint density at radius 2 is 1.84 bits per heavy atom. The van der Waals surface area contributed by atoms with Gasteiger partial charge in [-0.2, -0.15) is 0 Å². The third kappa shape index (κ3) is 4.67. The summed E-state index contributed by atoms with van der Waals surface area (Å²) in [5, 5.41) is 0. The number of benzene rings is 2. The fourth-order valence-electron chi connectivity index (χ4n) is 3.04. The fraction of sp³-hybridized carbons (Fsp3) is 0.350. The molecule has 0 radical (unpaired) electrons. The van der Waals surface area contributed by atoms with Crippen LogP contribution in [0.4, 0.5) is 5.69 Å². The molecule has 134 valence electrons. The Balaban J connectivity index is 0.00000225. The summed E-state index contributed by atoms with van der Waals surface area (Å²) in [5.74, 6) is 1.00. The van der Waals surface area contributed by atoms with Crippen LogP contribution in [-0.4, -0.2) is 30.0 Å². The van der Waals surface area contributed by atoms with E-state index in [1.807, 2.05) is 17.0 Å². The van der Waals surface area contributed by atoms with Gasteiger partial charge in [-0.15, -0.1) is 12.4 Å². The van der Waals surface area contributed by atoms with Crippen molar-refractivity contribution in [3.05, 3.63) is 59.2 Å². The molecular weight excluding hydrogens is 336 g/mol. The summed E-state index contributed by atoms with van der Waals surface area (Å²) >= 11 is 0. The summed E-state index contributed by atoms with van der Waals surface area (Å²) in [4.78, 5) is 14.4. The highest BCUT2D eigenvalue weighted by Crippen LogP contribution is 2.24. The van der Waals surface area contributed by atoms with Crippen LogP contribution in [0, 0.1) is 13.8 Å². The highest BCUT2D eigenvalue weighted by Gasteiger charge is 2.25. The molecule has 0 aromatic heterocycles. The first-order valence-corrected chi connectivity index (χ1v) is 8.41. The number of amides is 1. The van der Waals surface area contributed by atoms with Crippen molar-refractivity contribution in [2.75, 3.05) is 18.8 Å². The van der Waals surface area contributed by atoms with E-state index in [0.29, 0.717) is 24.3 Å². The minimum atomic E-state index is 0. The van der Waals surface area contributed by atoms with E-state index >= 15 is 0 Å². The topological polar surface area (TPSA) is 55.6 Å². The van der Waals surface area contributed by atoms with Gasteiger partial charge in [-0.3, -0.25) is 4.79 Å². The molecule has 0 saturated carbocycles. The molecule has 4 nitrogen and oxygen atoms in total. The van der Waals surface area contributed by atoms with Crippen LogP contribution in [0.5, 0.6) is 5.75 Å². The van der Waals surface area contributed by atoms with Gasteiger partial charge >= 0.3 is 0 Å². The van der Waals surface area contributed by atoms with E-state index in [1.165, 1.54) is 5.56 Å². The summed E-state index contributed by atoms with van der Waals surface area (Å²) < 4.78 is 6.16. The average molecular weight is 361 g/mol. The van der Waals surface area contributed by atoms with E-state index in [4.69, 9.17) is 10.5 Å². The van der Waals surface area contributed by atoms with Crippen molar-refractivity contribution < 1.29 is 9.53 Å². The number of aryl methyl sites for hydroxylation is 2. The number of piperidine rings is 1. The molecule has 0 unspecified atom stereocenters. The van der Waals surface area contributed by atoms with Crippen LogP contribution < -0.4 is 10.5 Å². The second kappa shape index (κ2) is 8.26. The molecule has 25 heavy (non-hydrogen) atoms. The van der Waals surface area contributed by atoms with Crippen LogP contribution in [0.25, 0.3) is 0 Å². The van der Waals surface area contributed by atoms with Gasteiger partial charge in [-0.05, 0) is 49.2 Å². The standard InChI is InChI=1S/C20H24N2O2.ClH/c1-14-6-7-15(2)19(12-14)24-18-8-10-22(11-9-18)20(23)16-4-3-5-17(21)13-16;/h3-7,12-13,18H,8-11,21H2,1-2H3;1H. The van der Waals surface area contributed by atoms with Crippen molar-refractivity contribution in [3.8, 4) is 5.75 Å². The van der Waals surface area contributed by atoms with Gasteiger partial charge in [-0.1, -0.05) is 18.2 Å². The number of nitrogens with two attached hydrogens (primary N) is 1. The molecule has 2 N–H and O–H groups in total. The van der Waals surface area contributed by atoms with E-state index in [-0.39, 0.29) is 24.4 Å². The minimum Gasteiger partial charge on any atom is -0.490 e. The number of hydrogen-bond acceptors (Lipinski definition) is 3. The van der Waals surface area contributed by atoms with Gasteiger partial charge in [-0.25, -0.2) is 0 Å². The molecule has 0 spiro atoms. The maximum absolute atomic E-state index is 12.5. The largest absolute Gasteiger partial charge is 0.490 e. The van der Waals surface area contributed by atoms with E-state index in [0.717, 1.165) is 24.2 Å². The third-order valence-corrected chi connectivity index (χ3v) is 4.50. The number of likely N-dealkylation sites (tertiary alicyclic amines) is 1. The average Bonchev–Trinajstić information content (AvgIpc) is 2.58. The molecular formula is C20H25ClN2O2. The summed E-state index contributed by atoms with van der Waals surface area (Å²) in [6, 6.07) is 13.4. The number of nitrogens with zero attached hydrogens (tertiary/aromatic N) is 1. The number of ether oxygens (including phenoxy) is 1. The quantitative estimate of drug-likeness (QED) is 0.842. The lowest BCUT2D eigenvalue weighted by Crippen LogP contribution is -2.41. The number of carbonyl (C=O) groups excluding carboxylic acids is 1. The fourth-order valence-corrected chi connectivity index (χ4v) is 3.04. The SMILES string of the molecule is Cc1ccc(C)c(OC2CCN(C(=O)c3cccc(N)c3)CC2)c1.Cl. The number of halogens is 1. The maximum Gasteiger partial charge on any atom is 0.253 e. The maximum atomic E-state index is 12.5. The normalized spacial score (nSPS) is 14.7. The summed E-state index contributed by atoms with van der Waals surface area (Å²) in [5.41, 5.74) is 9.40. The second-order valence-electron chi connectivity index (χ2n) is 6.50. The van der Waals surface area contributed by atoms with Gasteiger partial charge in [0.05, 0.1) is 0 Å². The first kappa shape index (κ1) is 19.1. The van der Waals surface area contributed by atoms with Crippen LogP contribution in [0.1, 0.15) is 34.3 Å². The highest BCUT2D eigenvalue weighted by atomic mass is 35.5. The Kier molecular flexibility index (Phi) is 6.32. The molecule has 1 aliphatic heterocycles. The lowest BCUT2D eigenvalue weighted by molar-refractivity contribution is 0.0594. The van der Waals surface area contributed by atoms with Gasteiger partial charge in [0.1, 0.15) is 11.9 Å². The van der Waals surface area contributed by atoms with Crippen molar-refractivity contribution in [3.63, 3.8) is 0 Å². The van der Waals surface area contributed by atoms with Crippen molar-refractivity contribution in [2.24, 2.45) is 0 Å². The molecule has 3 rings (SSSR count). The Bertz CT molecular complexity index is 740. The van der Waals surface area contributed by atoms with Gasteiger partial charge in [0, 0.05) is 37.2 Å².